The van der Waals surface area contributed by atoms with Gasteiger partial charge in [-0.2, -0.15) is 0 Å². The third-order valence-electron chi connectivity index (χ3n) is 2.54. The molecule has 0 saturated carbocycles. The van der Waals surface area contributed by atoms with Crippen LogP contribution in [0.5, 0.6) is 5.75 Å². The highest BCUT2D eigenvalue weighted by molar-refractivity contribution is 5.75. The second kappa shape index (κ2) is 6.10. The Labute approximate surface area is 101 Å². The Hall–Kier alpha value is -1.75. The van der Waals surface area contributed by atoms with Gasteiger partial charge in [-0.1, -0.05) is 6.07 Å². The minimum Gasteiger partial charge on any atom is -0.506 e. The van der Waals surface area contributed by atoms with Gasteiger partial charge in [-0.05, 0) is 24.7 Å². The van der Waals surface area contributed by atoms with Crippen LogP contribution >= 0.6 is 0 Å². The SMILES string of the molecule is CNC(=O)CCN(C)Cc1ccc(O)c(N)c1. The van der Waals surface area contributed by atoms with E-state index in [2.05, 4.69) is 5.32 Å². The summed E-state index contributed by atoms with van der Waals surface area (Å²) in [7, 11) is 3.56. The molecule has 0 unspecified atom stereocenters. The van der Waals surface area contributed by atoms with E-state index in [1.54, 1.807) is 19.2 Å². The first-order chi connectivity index (χ1) is 8.02. The van der Waals surface area contributed by atoms with Crippen LogP contribution in [-0.2, 0) is 11.3 Å². The first-order valence-electron chi connectivity index (χ1n) is 5.49. The molecule has 0 bridgehead atoms. The van der Waals surface area contributed by atoms with E-state index in [1.807, 2.05) is 18.0 Å². The van der Waals surface area contributed by atoms with Crippen molar-refractivity contribution in [2.24, 2.45) is 0 Å². The summed E-state index contributed by atoms with van der Waals surface area (Å²) in [5.41, 5.74) is 7.00. The summed E-state index contributed by atoms with van der Waals surface area (Å²) in [6.45, 7) is 1.38. The highest BCUT2D eigenvalue weighted by atomic mass is 16.3. The minimum atomic E-state index is 0.0297. The van der Waals surface area contributed by atoms with Crippen molar-refractivity contribution in [3.8, 4) is 5.75 Å². The van der Waals surface area contributed by atoms with Crippen LogP contribution in [-0.4, -0.2) is 36.6 Å². The number of phenols is 1. The predicted octanol–water partition coefficient (Wildman–Crippen LogP) is 0.542. The van der Waals surface area contributed by atoms with Crippen molar-refractivity contribution in [1.82, 2.24) is 10.2 Å². The van der Waals surface area contributed by atoms with Gasteiger partial charge >= 0.3 is 0 Å². The number of amides is 1. The van der Waals surface area contributed by atoms with E-state index in [9.17, 15) is 9.90 Å². The summed E-state index contributed by atoms with van der Waals surface area (Å²) in [4.78, 5) is 13.1. The van der Waals surface area contributed by atoms with Gasteiger partial charge < -0.3 is 21.1 Å². The molecular formula is C12H19N3O2. The summed E-state index contributed by atoms with van der Waals surface area (Å²) in [6.07, 6.45) is 0.473. The van der Waals surface area contributed by atoms with Gasteiger partial charge in [0.05, 0.1) is 5.69 Å². The van der Waals surface area contributed by atoms with E-state index in [0.717, 1.165) is 5.56 Å². The predicted molar refractivity (Wildman–Crippen MR) is 67.5 cm³/mol. The summed E-state index contributed by atoms with van der Waals surface area (Å²) in [5.74, 6) is 0.129. The molecule has 0 fully saturated rings. The van der Waals surface area contributed by atoms with Crippen LogP contribution < -0.4 is 11.1 Å². The van der Waals surface area contributed by atoms with Crippen LogP contribution in [0, 0.1) is 0 Å². The Balaban J connectivity index is 2.47. The molecule has 0 saturated heterocycles. The molecule has 0 spiro atoms. The number of nitrogens with two attached hydrogens (primary N) is 1. The third kappa shape index (κ3) is 4.32. The van der Waals surface area contributed by atoms with Gasteiger partial charge in [0.2, 0.25) is 5.91 Å². The van der Waals surface area contributed by atoms with Gasteiger partial charge in [0.25, 0.3) is 0 Å². The van der Waals surface area contributed by atoms with E-state index in [-0.39, 0.29) is 11.7 Å². The summed E-state index contributed by atoms with van der Waals surface area (Å²) < 4.78 is 0. The fraction of sp³-hybridized carbons (Fsp3) is 0.417. The van der Waals surface area contributed by atoms with Crippen LogP contribution in [0.1, 0.15) is 12.0 Å². The average Bonchev–Trinajstić information content (AvgIpc) is 2.31. The second-order valence-corrected chi connectivity index (χ2v) is 4.05. The molecule has 1 aromatic rings. The molecule has 5 nitrogen and oxygen atoms in total. The molecule has 1 rings (SSSR count). The minimum absolute atomic E-state index is 0.0297. The van der Waals surface area contributed by atoms with Crippen molar-refractivity contribution in [2.75, 3.05) is 26.4 Å². The summed E-state index contributed by atoms with van der Waals surface area (Å²) in [6, 6.07) is 5.14. The van der Waals surface area contributed by atoms with Crippen LogP contribution in [0.25, 0.3) is 0 Å². The summed E-state index contributed by atoms with van der Waals surface area (Å²) >= 11 is 0. The highest BCUT2D eigenvalue weighted by Crippen LogP contribution is 2.20. The topological polar surface area (TPSA) is 78.6 Å². The molecule has 0 aliphatic rings. The molecule has 0 heterocycles. The number of hydrogen-bond donors (Lipinski definition) is 3. The number of benzene rings is 1. The normalized spacial score (nSPS) is 10.5. The zero-order valence-corrected chi connectivity index (χ0v) is 10.2. The lowest BCUT2D eigenvalue weighted by atomic mass is 10.2. The molecule has 17 heavy (non-hydrogen) atoms. The maximum atomic E-state index is 11.1. The zero-order chi connectivity index (χ0) is 12.8. The zero-order valence-electron chi connectivity index (χ0n) is 10.2. The smallest absolute Gasteiger partial charge is 0.221 e. The standard InChI is InChI=1S/C12H19N3O2/c1-14-12(17)5-6-15(2)8-9-3-4-11(16)10(13)7-9/h3-4,7,16H,5-6,8,13H2,1-2H3,(H,14,17). The molecule has 0 radical (unpaired) electrons. The lowest BCUT2D eigenvalue weighted by molar-refractivity contribution is -0.120. The molecule has 1 aromatic carbocycles. The quantitative estimate of drug-likeness (QED) is 0.516. The van der Waals surface area contributed by atoms with E-state index in [4.69, 9.17) is 5.73 Å². The van der Waals surface area contributed by atoms with Crippen molar-refractivity contribution in [3.05, 3.63) is 23.8 Å². The molecular weight excluding hydrogens is 218 g/mol. The van der Waals surface area contributed by atoms with Crippen LogP contribution in [0.4, 0.5) is 5.69 Å². The molecule has 0 aromatic heterocycles. The number of anilines is 1. The summed E-state index contributed by atoms with van der Waals surface area (Å²) in [5, 5.41) is 11.9. The van der Waals surface area contributed by atoms with Gasteiger partial charge in [-0.3, -0.25) is 4.79 Å². The fourth-order valence-corrected chi connectivity index (χ4v) is 1.51. The van der Waals surface area contributed by atoms with Crippen molar-refractivity contribution >= 4 is 11.6 Å². The van der Waals surface area contributed by atoms with Crippen LogP contribution in [0.15, 0.2) is 18.2 Å². The largest absolute Gasteiger partial charge is 0.506 e. The van der Waals surface area contributed by atoms with E-state index < -0.39 is 0 Å². The molecule has 1 amide bonds. The van der Waals surface area contributed by atoms with Crippen molar-refractivity contribution in [3.63, 3.8) is 0 Å². The number of nitrogens with one attached hydrogen (secondary N) is 1. The van der Waals surface area contributed by atoms with Crippen molar-refractivity contribution in [2.45, 2.75) is 13.0 Å². The molecule has 0 atom stereocenters. The maximum Gasteiger partial charge on any atom is 0.221 e. The van der Waals surface area contributed by atoms with Gasteiger partial charge in [0, 0.05) is 26.6 Å². The van der Waals surface area contributed by atoms with Gasteiger partial charge in [-0.15, -0.1) is 0 Å². The number of carbonyl (C=O) groups is 1. The first-order valence-corrected chi connectivity index (χ1v) is 5.49. The highest BCUT2D eigenvalue weighted by Gasteiger charge is 2.05. The lowest BCUT2D eigenvalue weighted by Gasteiger charge is -2.16. The Bertz CT molecular complexity index is 393. The van der Waals surface area contributed by atoms with E-state index in [0.29, 0.717) is 25.2 Å². The molecule has 94 valence electrons. The third-order valence-corrected chi connectivity index (χ3v) is 2.54. The monoisotopic (exact) mass is 237 g/mol. The van der Waals surface area contributed by atoms with Crippen LogP contribution in [0.2, 0.25) is 0 Å². The van der Waals surface area contributed by atoms with Gasteiger partial charge in [0.1, 0.15) is 5.75 Å². The second-order valence-electron chi connectivity index (χ2n) is 4.05. The van der Waals surface area contributed by atoms with E-state index in [1.165, 1.54) is 0 Å². The average molecular weight is 237 g/mol. The molecule has 5 heteroatoms. The number of nitrogens with zero attached hydrogens (tertiary/aromatic N) is 1. The molecule has 4 N–H and O–H groups in total. The van der Waals surface area contributed by atoms with Gasteiger partial charge in [-0.25, -0.2) is 0 Å². The van der Waals surface area contributed by atoms with Crippen molar-refractivity contribution < 1.29 is 9.90 Å². The van der Waals surface area contributed by atoms with Crippen molar-refractivity contribution in [1.29, 1.82) is 0 Å². The first kappa shape index (κ1) is 13.3. The van der Waals surface area contributed by atoms with Gasteiger partial charge in [0.15, 0.2) is 0 Å². The van der Waals surface area contributed by atoms with E-state index >= 15 is 0 Å². The number of hydrogen-bond acceptors (Lipinski definition) is 4. The molecule has 0 aliphatic carbocycles. The number of phenolic OH excluding ortho intramolecular Hbond substituents is 1. The maximum absolute atomic E-state index is 11.1. The Morgan fingerprint density at radius 2 is 2.24 bits per heavy atom. The Morgan fingerprint density at radius 1 is 1.53 bits per heavy atom. The lowest BCUT2D eigenvalue weighted by Crippen LogP contribution is -2.26. The molecule has 0 aliphatic heterocycles. The number of nitrogen functional groups attached to an aromatic ring is 1. The Kier molecular flexibility index (Phi) is 4.78. The fourth-order valence-electron chi connectivity index (χ4n) is 1.51. The number of rotatable bonds is 5. The number of carbonyl (C=O) groups excluding carboxylic acids is 1. The van der Waals surface area contributed by atoms with Crippen LogP contribution in [0.3, 0.4) is 0 Å². The Morgan fingerprint density at radius 3 is 2.82 bits per heavy atom. The number of aromatic hydroxyl groups is 1.